The molecule has 0 atom stereocenters. The highest BCUT2D eigenvalue weighted by molar-refractivity contribution is 6.39. The molecule has 0 unspecified atom stereocenters. The van der Waals surface area contributed by atoms with Gasteiger partial charge in [-0.15, -0.1) is 0 Å². The maximum absolute atomic E-state index is 13.0. The molecule has 0 spiro atoms. The summed E-state index contributed by atoms with van der Waals surface area (Å²) in [5.41, 5.74) is 2.77. The fourth-order valence-electron chi connectivity index (χ4n) is 1.25. The van der Waals surface area contributed by atoms with Crippen LogP contribution in [0.15, 0.2) is 17.1 Å². The number of hydrogen-bond acceptors (Lipinski definition) is 2. The summed E-state index contributed by atoms with van der Waals surface area (Å²) in [6.45, 7) is 2.69. The molecule has 0 saturated heterocycles. The number of hydrogen-bond donors (Lipinski definition) is 3. The molecule has 0 aliphatic rings. The third-order valence-electron chi connectivity index (χ3n) is 2.17. The Kier molecular flexibility index (Phi) is 6.18. The van der Waals surface area contributed by atoms with Crippen LogP contribution < -0.4 is 16.6 Å². The monoisotopic (exact) mass is 292 g/mol. The fourth-order valence-corrected chi connectivity index (χ4v) is 1.81. The minimum Gasteiger partial charge on any atom is -0.323 e. The van der Waals surface area contributed by atoms with Gasteiger partial charge in [-0.3, -0.25) is 10.4 Å². The Morgan fingerprint density at radius 2 is 2.00 bits per heavy atom. The number of nitrogens with zero attached hydrogens (tertiary/aromatic N) is 1. The van der Waals surface area contributed by atoms with Gasteiger partial charge in [0.2, 0.25) is 5.96 Å². The summed E-state index contributed by atoms with van der Waals surface area (Å²) in [6, 6.07) is 2.33. The SMILES string of the molecule is CCCCN=C(NN)Nc1c(Cl)cc(F)cc1Cl. The van der Waals surface area contributed by atoms with Crippen molar-refractivity contribution in [1.82, 2.24) is 5.43 Å². The molecule has 0 bridgehead atoms. The normalized spacial score (nSPS) is 11.5. The molecule has 18 heavy (non-hydrogen) atoms. The Balaban J connectivity index is 2.85. The molecule has 7 heteroatoms. The molecule has 1 aromatic rings. The van der Waals surface area contributed by atoms with E-state index in [1.165, 1.54) is 0 Å². The zero-order valence-corrected chi connectivity index (χ0v) is 11.4. The largest absolute Gasteiger partial charge is 0.323 e. The van der Waals surface area contributed by atoms with Crippen LogP contribution in [-0.4, -0.2) is 12.5 Å². The number of hydrazine groups is 1. The van der Waals surface area contributed by atoms with E-state index >= 15 is 0 Å². The predicted molar refractivity (Wildman–Crippen MR) is 74.6 cm³/mol. The second-order valence-electron chi connectivity index (χ2n) is 3.60. The first-order valence-electron chi connectivity index (χ1n) is 5.51. The molecule has 0 aliphatic carbocycles. The molecule has 0 aliphatic heterocycles. The van der Waals surface area contributed by atoms with Crippen molar-refractivity contribution in [1.29, 1.82) is 0 Å². The van der Waals surface area contributed by atoms with Crippen molar-refractivity contribution >= 4 is 34.8 Å². The lowest BCUT2D eigenvalue weighted by Crippen LogP contribution is -2.36. The van der Waals surface area contributed by atoms with Crippen LogP contribution in [0.5, 0.6) is 0 Å². The molecule has 4 nitrogen and oxygen atoms in total. The van der Waals surface area contributed by atoms with Gasteiger partial charge in [0, 0.05) is 6.54 Å². The van der Waals surface area contributed by atoms with Crippen molar-refractivity contribution in [2.75, 3.05) is 11.9 Å². The Bertz CT molecular complexity index is 414. The van der Waals surface area contributed by atoms with Crippen molar-refractivity contribution in [3.05, 3.63) is 28.0 Å². The molecule has 1 aromatic carbocycles. The van der Waals surface area contributed by atoms with Gasteiger partial charge in [-0.1, -0.05) is 36.5 Å². The van der Waals surface area contributed by atoms with Crippen LogP contribution in [0, 0.1) is 5.82 Å². The summed E-state index contributed by atoms with van der Waals surface area (Å²) < 4.78 is 13.0. The van der Waals surface area contributed by atoms with Gasteiger partial charge in [-0.2, -0.15) is 0 Å². The van der Waals surface area contributed by atoms with Gasteiger partial charge >= 0.3 is 0 Å². The van der Waals surface area contributed by atoms with Crippen LogP contribution in [0.25, 0.3) is 0 Å². The number of nitrogens with one attached hydrogen (secondary N) is 2. The zero-order valence-electron chi connectivity index (χ0n) is 9.93. The average Bonchev–Trinajstić information content (AvgIpc) is 2.31. The van der Waals surface area contributed by atoms with Gasteiger partial charge in [0.25, 0.3) is 0 Å². The van der Waals surface area contributed by atoms with Crippen LogP contribution in [0.2, 0.25) is 10.0 Å². The van der Waals surface area contributed by atoms with E-state index in [0.717, 1.165) is 25.0 Å². The number of halogens is 3. The van der Waals surface area contributed by atoms with Gasteiger partial charge in [0.15, 0.2) is 0 Å². The van der Waals surface area contributed by atoms with Crippen LogP contribution >= 0.6 is 23.2 Å². The summed E-state index contributed by atoms with van der Waals surface area (Å²) in [4.78, 5) is 4.19. The molecule has 0 radical (unpaired) electrons. The van der Waals surface area contributed by atoms with E-state index in [9.17, 15) is 4.39 Å². The van der Waals surface area contributed by atoms with Crippen molar-refractivity contribution in [2.24, 2.45) is 10.8 Å². The first kappa shape index (κ1) is 15.0. The lowest BCUT2D eigenvalue weighted by molar-refractivity contribution is 0.628. The van der Waals surface area contributed by atoms with Gasteiger partial charge < -0.3 is 5.32 Å². The number of anilines is 1. The Hall–Kier alpha value is -1.04. The minimum atomic E-state index is -0.499. The van der Waals surface area contributed by atoms with Crippen LogP contribution in [0.1, 0.15) is 19.8 Å². The molecule has 0 fully saturated rings. The fraction of sp³-hybridized carbons (Fsp3) is 0.364. The Morgan fingerprint density at radius 3 is 2.50 bits per heavy atom. The highest BCUT2D eigenvalue weighted by Gasteiger charge is 2.10. The summed E-state index contributed by atoms with van der Waals surface area (Å²) in [5, 5.41) is 3.17. The van der Waals surface area contributed by atoms with Crippen molar-refractivity contribution in [3.8, 4) is 0 Å². The Labute approximate surface area is 115 Å². The van der Waals surface area contributed by atoms with E-state index < -0.39 is 5.82 Å². The summed E-state index contributed by atoms with van der Waals surface area (Å²) >= 11 is 11.8. The highest BCUT2D eigenvalue weighted by atomic mass is 35.5. The van der Waals surface area contributed by atoms with Gasteiger partial charge in [0.1, 0.15) is 5.82 Å². The lowest BCUT2D eigenvalue weighted by atomic mass is 10.3. The number of unbranched alkanes of at least 4 members (excludes halogenated alkanes) is 1. The van der Waals surface area contributed by atoms with Gasteiger partial charge in [0.05, 0.1) is 15.7 Å². The van der Waals surface area contributed by atoms with Crippen molar-refractivity contribution < 1.29 is 4.39 Å². The van der Waals surface area contributed by atoms with E-state index in [4.69, 9.17) is 29.0 Å². The average molecular weight is 293 g/mol. The molecule has 4 N–H and O–H groups in total. The topological polar surface area (TPSA) is 62.4 Å². The second-order valence-corrected chi connectivity index (χ2v) is 4.41. The summed E-state index contributed by atoms with van der Waals surface area (Å²) in [7, 11) is 0. The zero-order chi connectivity index (χ0) is 13.5. The molecule has 0 saturated carbocycles. The molecule has 0 heterocycles. The third-order valence-corrected chi connectivity index (χ3v) is 2.76. The quantitative estimate of drug-likeness (QED) is 0.263. The van der Waals surface area contributed by atoms with Crippen LogP contribution in [0.3, 0.4) is 0 Å². The van der Waals surface area contributed by atoms with E-state index in [1.807, 2.05) is 0 Å². The van der Waals surface area contributed by atoms with E-state index in [-0.39, 0.29) is 10.0 Å². The summed E-state index contributed by atoms with van der Waals surface area (Å²) in [5.74, 6) is 5.16. The smallest absolute Gasteiger partial charge is 0.210 e. The molecule has 100 valence electrons. The predicted octanol–water partition coefficient (Wildman–Crippen LogP) is 3.16. The number of guanidine groups is 1. The standard InChI is InChI=1S/C11H15Cl2FN4/c1-2-3-4-16-11(18-15)17-10-8(12)5-7(14)6-9(10)13/h5-6H,2-4,15H2,1H3,(H2,16,17,18). The van der Waals surface area contributed by atoms with Gasteiger partial charge in [-0.25, -0.2) is 10.2 Å². The molecule has 0 aromatic heterocycles. The third kappa shape index (κ3) is 4.33. The molecular formula is C11H15Cl2FN4. The maximum Gasteiger partial charge on any atom is 0.210 e. The minimum absolute atomic E-state index is 0.165. The number of aliphatic imine (C=N–C) groups is 1. The number of benzene rings is 1. The van der Waals surface area contributed by atoms with Crippen molar-refractivity contribution in [3.63, 3.8) is 0 Å². The highest BCUT2D eigenvalue weighted by Crippen LogP contribution is 2.31. The molecule has 1 rings (SSSR count). The van der Waals surface area contributed by atoms with E-state index in [2.05, 4.69) is 22.7 Å². The number of nitrogens with two attached hydrogens (primary N) is 1. The second kappa shape index (κ2) is 7.41. The van der Waals surface area contributed by atoms with E-state index in [0.29, 0.717) is 18.2 Å². The first-order chi connectivity index (χ1) is 8.58. The van der Waals surface area contributed by atoms with Crippen LogP contribution in [-0.2, 0) is 0 Å². The maximum atomic E-state index is 13.0. The van der Waals surface area contributed by atoms with Gasteiger partial charge in [-0.05, 0) is 18.6 Å². The number of rotatable bonds is 4. The summed E-state index contributed by atoms with van der Waals surface area (Å²) in [6.07, 6.45) is 1.97. The van der Waals surface area contributed by atoms with E-state index in [1.54, 1.807) is 0 Å². The molecule has 0 amide bonds. The van der Waals surface area contributed by atoms with Crippen molar-refractivity contribution in [2.45, 2.75) is 19.8 Å². The lowest BCUT2D eigenvalue weighted by Gasteiger charge is -2.12. The van der Waals surface area contributed by atoms with Crippen LogP contribution in [0.4, 0.5) is 10.1 Å². The Morgan fingerprint density at radius 1 is 1.39 bits per heavy atom. The first-order valence-corrected chi connectivity index (χ1v) is 6.26. The molecular weight excluding hydrogens is 278 g/mol.